The van der Waals surface area contributed by atoms with E-state index in [0.29, 0.717) is 6.42 Å². The minimum absolute atomic E-state index is 0.146. The van der Waals surface area contributed by atoms with Crippen LogP contribution in [0.25, 0.3) is 0 Å². The summed E-state index contributed by atoms with van der Waals surface area (Å²) < 4.78 is 0. The lowest BCUT2D eigenvalue weighted by atomic mass is 10.0. The van der Waals surface area contributed by atoms with Crippen molar-refractivity contribution in [3.63, 3.8) is 0 Å². The number of aryl methyl sites for hydroxylation is 1. The number of hydrogen-bond donors (Lipinski definition) is 3. The summed E-state index contributed by atoms with van der Waals surface area (Å²) in [5, 5.41) is 6.28. The summed E-state index contributed by atoms with van der Waals surface area (Å²) in [5.74, 6) is -0.146. The number of rotatable bonds is 4. The van der Waals surface area contributed by atoms with Crippen molar-refractivity contribution in [1.82, 2.24) is 0 Å². The van der Waals surface area contributed by atoms with Gasteiger partial charge in [0, 0.05) is 17.9 Å². The van der Waals surface area contributed by atoms with Gasteiger partial charge >= 0.3 is 0 Å². The van der Waals surface area contributed by atoms with Crippen LogP contribution in [0.2, 0.25) is 0 Å². The Bertz CT molecular complexity index is 655. The van der Waals surface area contributed by atoms with Gasteiger partial charge in [-0.3, -0.25) is 4.79 Å². The minimum Gasteiger partial charge on any atom is -0.385 e. The van der Waals surface area contributed by atoms with Gasteiger partial charge in [-0.15, -0.1) is 0 Å². The molecule has 22 heavy (non-hydrogen) atoms. The van der Waals surface area contributed by atoms with Gasteiger partial charge in [-0.25, -0.2) is 0 Å². The van der Waals surface area contributed by atoms with E-state index in [1.165, 1.54) is 5.56 Å². The first-order valence-electron chi connectivity index (χ1n) is 7.69. The van der Waals surface area contributed by atoms with Crippen LogP contribution in [-0.2, 0) is 17.6 Å². The number of nitrogens with one attached hydrogen (secondary N) is 2. The number of anilines is 2. The topological polar surface area (TPSA) is 67.2 Å². The molecular weight excluding hydrogens is 274 g/mol. The summed E-state index contributed by atoms with van der Waals surface area (Å²) in [6.45, 7) is 1.01. The average Bonchev–Trinajstić information content (AvgIpc) is 2.55. The smallest absolute Gasteiger partial charge is 0.241 e. The fourth-order valence-electron chi connectivity index (χ4n) is 2.75. The first-order chi connectivity index (χ1) is 10.7. The lowest BCUT2D eigenvalue weighted by Gasteiger charge is -2.19. The maximum atomic E-state index is 12.2. The number of fused-ring (bicyclic) bond motifs is 1. The Balaban J connectivity index is 1.63. The van der Waals surface area contributed by atoms with Crippen LogP contribution < -0.4 is 16.4 Å². The third-order valence-electron chi connectivity index (χ3n) is 3.95. The third kappa shape index (κ3) is 3.46. The van der Waals surface area contributed by atoms with Crippen molar-refractivity contribution < 1.29 is 4.79 Å². The largest absolute Gasteiger partial charge is 0.385 e. The van der Waals surface area contributed by atoms with E-state index >= 15 is 0 Å². The molecule has 0 aromatic heterocycles. The first-order valence-corrected chi connectivity index (χ1v) is 7.69. The van der Waals surface area contributed by atoms with Gasteiger partial charge in [-0.05, 0) is 48.6 Å². The molecule has 114 valence electrons. The van der Waals surface area contributed by atoms with E-state index in [2.05, 4.69) is 10.6 Å². The molecule has 1 heterocycles. The van der Waals surface area contributed by atoms with E-state index in [9.17, 15) is 4.79 Å². The lowest BCUT2D eigenvalue weighted by molar-refractivity contribution is -0.117. The van der Waals surface area contributed by atoms with Crippen LogP contribution in [0.5, 0.6) is 0 Å². The van der Waals surface area contributed by atoms with Crippen LogP contribution in [0.4, 0.5) is 11.4 Å². The molecule has 4 heteroatoms. The van der Waals surface area contributed by atoms with Gasteiger partial charge in [-0.2, -0.15) is 0 Å². The van der Waals surface area contributed by atoms with Crippen LogP contribution in [0, 0.1) is 0 Å². The summed E-state index contributed by atoms with van der Waals surface area (Å²) in [7, 11) is 0. The van der Waals surface area contributed by atoms with Crippen LogP contribution in [0.3, 0.4) is 0 Å². The highest BCUT2D eigenvalue weighted by molar-refractivity contribution is 5.95. The zero-order valence-electron chi connectivity index (χ0n) is 12.5. The molecule has 0 fully saturated rings. The highest BCUT2D eigenvalue weighted by atomic mass is 16.2. The molecule has 2 aromatic carbocycles. The highest BCUT2D eigenvalue weighted by Crippen LogP contribution is 2.25. The van der Waals surface area contributed by atoms with E-state index in [1.807, 2.05) is 48.5 Å². The predicted molar refractivity (Wildman–Crippen MR) is 90.0 cm³/mol. The number of benzene rings is 2. The molecule has 1 amide bonds. The van der Waals surface area contributed by atoms with Gasteiger partial charge in [0.2, 0.25) is 5.91 Å². The van der Waals surface area contributed by atoms with Gasteiger partial charge in [0.15, 0.2) is 0 Å². The van der Waals surface area contributed by atoms with Crippen molar-refractivity contribution in [2.45, 2.75) is 25.3 Å². The van der Waals surface area contributed by atoms with Crippen molar-refractivity contribution in [1.29, 1.82) is 0 Å². The molecule has 3 rings (SSSR count). The Kier molecular flexibility index (Phi) is 4.39. The quantitative estimate of drug-likeness (QED) is 0.812. The summed E-state index contributed by atoms with van der Waals surface area (Å²) in [5.41, 5.74) is 10.3. The number of amides is 1. The van der Waals surface area contributed by atoms with E-state index < -0.39 is 6.04 Å². The Morgan fingerprint density at radius 3 is 2.86 bits per heavy atom. The SMILES string of the molecule is N[C@@H](Cc1ccccc1)C(=O)Nc1ccc2c(c1)CCCN2. The molecule has 0 spiro atoms. The molecule has 0 saturated carbocycles. The molecule has 4 nitrogen and oxygen atoms in total. The monoisotopic (exact) mass is 295 g/mol. The van der Waals surface area contributed by atoms with Gasteiger partial charge < -0.3 is 16.4 Å². The summed E-state index contributed by atoms with van der Waals surface area (Å²) in [6, 6.07) is 15.3. The van der Waals surface area contributed by atoms with Gasteiger partial charge in [0.25, 0.3) is 0 Å². The standard InChI is InChI=1S/C18H21N3O/c19-16(11-13-5-2-1-3-6-13)18(22)21-15-8-9-17-14(12-15)7-4-10-20-17/h1-3,5-6,8-9,12,16,20H,4,7,10-11,19H2,(H,21,22)/t16-/m0/s1. The van der Waals surface area contributed by atoms with E-state index in [1.54, 1.807) is 0 Å². The zero-order chi connectivity index (χ0) is 15.4. The second kappa shape index (κ2) is 6.62. The molecule has 0 saturated heterocycles. The molecule has 1 atom stereocenters. The Labute approximate surface area is 130 Å². The summed E-state index contributed by atoms with van der Waals surface area (Å²) >= 11 is 0. The molecule has 0 unspecified atom stereocenters. The molecular formula is C18H21N3O. The summed E-state index contributed by atoms with van der Waals surface area (Å²) in [4.78, 5) is 12.2. The van der Waals surface area contributed by atoms with Crippen molar-refractivity contribution in [2.24, 2.45) is 5.73 Å². The first kappa shape index (κ1) is 14.6. The van der Waals surface area contributed by atoms with E-state index in [-0.39, 0.29) is 5.91 Å². The van der Waals surface area contributed by atoms with Crippen LogP contribution in [0.1, 0.15) is 17.5 Å². The summed E-state index contributed by atoms with van der Waals surface area (Å²) in [6.07, 6.45) is 2.71. The van der Waals surface area contributed by atoms with Gasteiger partial charge in [-0.1, -0.05) is 30.3 Å². The number of hydrogen-bond acceptors (Lipinski definition) is 3. The Morgan fingerprint density at radius 2 is 2.05 bits per heavy atom. The predicted octanol–water partition coefficient (Wildman–Crippen LogP) is 2.55. The normalized spacial score (nSPS) is 14.6. The van der Waals surface area contributed by atoms with Gasteiger partial charge in [0.1, 0.15) is 0 Å². The van der Waals surface area contributed by atoms with Crippen molar-refractivity contribution in [3.05, 3.63) is 59.7 Å². The maximum Gasteiger partial charge on any atom is 0.241 e. The van der Waals surface area contributed by atoms with E-state index in [0.717, 1.165) is 36.3 Å². The second-order valence-corrected chi connectivity index (χ2v) is 5.69. The lowest BCUT2D eigenvalue weighted by Crippen LogP contribution is -2.37. The molecule has 1 aliphatic heterocycles. The fraction of sp³-hybridized carbons (Fsp3) is 0.278. The molecule has 0 radical (unpaired) electrons. The molecule has 0 aliphatic carbocycles. The van der Waals surface area contributed by atoms with Crippen molar-refractivity contribution >= 4 is 17.3 Å². The molecule has 1 aliphatic rings. The average molecular weight is 295 g/mol. The number of carbonyl (C=O) groups is 1. The van der Waals surface area contributed by atoms with Crippen LogP contribution in [-0.4, -0.2) is 18.5 Å². The van der Waals surface area contributed by atoms with Crippen LogP contribution >= 0.6 is 0 Å². The fourth-order valence-corrected chi connectivity index (χ4v) is 2.75. The van der Waals surface area contributed by atoms with Crippen LogP contribution in [0.15, 0.2) is 48.5 Å². The zero-order valence-corrected chi connectivity index (χ0v) is 12.5. The van der Waals surface area contributed by atoms with E-state index in [4.69, 9.17) is 5.73 Å². The molecule has 4 N–H and O–H groups in total. The minimum atomic E-state index is -0.545. The highest BCUT2D eigenvalue weighted by Gasteiger charge is 2.15. The molecule has 2 aromatic rings. The third-order valence-corrected chi connectivity index (χ3v) is 3.95. The van der Waals surface area contributed by atoms with Gasteiger partial charge in [0.05, 0.1) is 6.04 Å². The van der Waals surface area contributed by atoms with Crippen molar-refractivity contribution in [2.75, 3.05) is 17.2 Å². The number of carbonyl (C=O) groups excluding carboxylic acids is 1. The Hall–Kier alpha value is -2.33. The Morgan fingerprint density at radius 1 is 1.23 bits per heavy atom. The number of nitrogens with two attached hydrogens (primary N) is 1. The molecule has 0 bridgehead atoms. The second-order valence-electron chi connectivity index (χ2n) is 5.69. The van der Waals surface area contributed by atoms with Crippen molar-refractivity contribution in [3.8, 4) is 0 Å². The maximum absolute atomic E-state index is 12.2.